The van der Waals surface area contributed by atoms with Gasteiger partial charge in [-0.15, -0.1) is 0 Å². The predicted octanol–water partition coefficient (Wildman–Crippen LogP) is 9.37. The number of methoxy groups -OCH3 is 2. The summed E-state index contributed by atoms with van der Waals surface area (Å²) in [6.07, 6.45) is 0. The Bertz CT molecular complexity index is 2130. The normalized spacial score (nSPS) is 12.2. The molecule has 6 aromatic carbocycles. The summed E-state index contributed by atoms with van der Waals surface area (Å²) in [5, 5.41) is 30.3. The van der Waals surface area contributed by atoms with Crippen LogP contribution in [0.4, 0.5) is 0 Å². The minimum atomic E-state index is -2.90. The van der Waals surface area contributed by atoms with Gasteiger partial charge in [0.2, 0.25) is 0 Å². The molecule has 0 amide bonds. The molecule has 6 aromatic rings. The first-order valence-corrected chi connectivity index (χ1v) is 22.5. The summed E-state index contributed by atoms with van der Waals surface area (Å²) < 4.78 is 23.3. The standard InChI is InChI=1S/C48H54N2O4P2/c1-47(2,3)41-31-35(53-7)33-43(45(41)51)55(37-21-13-9-14-22-37,38-23-15-10-16-24-38)49-29-30-50-56(39-25-17-11-18-26-39,40-27-19-12-20-28-40)44-34-36(54-8)32-42(46(44)52)48(4,5)6/h9-28,31-34,51-52H,29-30H2,1-8H3. The van der Waals surface area contributed by atoms with E-state index in [-0.39, 0.29) is 22.3 Å². The zero-order chi connectivity index (χ0) is 40.1. The highest BCUT2D eigenvalue weighted by atomic mass is 31.2. The van der Waals surface area contributed by atoms with Gasteiger partial charge in [0.1, 0.15) is 23.0 Å². The second-order valence-electron chi connectivity index (χ2n) is 15.9. The first kappa shape index (κ1) is 40.6. The van der Waals surface area contributed by atoms with Gasteiger partial charge in [-0.1, -0.05) is 163 Å². The average Bonchev–Trinajstić information content (AvgIpc) is 3.20. The fourth-order valence-corrected chi connectivity index (χ4v) is 14.7. The van der Waals surface area contributed by atoms with E-state index < -0.39 is 14.1 Å². The lowest BCUT2D eigenvalue weighted by Gasteiger charge is -2.32. The van der Waals surface area contributed by atoms with Gasteiger partial charge in [-0.25, -0.2) is 0 Å². The topological polar surface area (TPSA) is 83.6 Å². The molecule has 0 saturated heterocycles. The van der Waals surface area contributed by atoms with Crippen molar-refractivity contribution in [2.24, 2.45) is 9.49 Å². The number of hydrogen-bond acceptors (Lipinski definition) is 6. The Labute approximate surface area is 333 Å². The zero-order valence-corrected chi connectivity index (χ0v) is 35.6. The van der Waals surface area contributed by atoms with Gasteiger partial charge in [-0.2, -0.15) is 0 Å². The van der Waals surface area contributed by atoms with Crippen molar-refractivity contribution in [3.63, 3.8) is 0 Å². The Morgan fingerprint density at radius 2 is 0.714 bits per heavy atom. The van der Waals surface area contributed by atoms with Crippen LogP contribution in [0.3, 0.4) is 0 Å². The molecule has 6 rings (SSSR count). The summed E-state index contributed by atoms with van der Waals surface area (Å²) in [5.41, 5.74) is 0.853. The molecule has 2 N–H and O–H groups in total. The van der Waals surface area contributed by atoms with E-state index in [0.717, 1.165) is 43.0 Å². The number of phenols is 2. The van der Waals surface area contributed by atoms with E-state index in [0.29, 0.717) is 24.6 Å². The van der Waals surface area contributed by atoms with Gasteiger partial charge >= 0.3 is 0 Å². The van der Waals surface area contributed by atoms with E-state index in [1.807, 2.05) is 97.1 Å². The molecule has 0 aliphatic rings. The highest BCUT2D eigenvalue weighted by Crippen LogP contribution is 2.53. The quantitative estimate of drug-likeness (QED) is 0.101. The smallest absolute Gasteiger partial charge is 0.129 e. The van der Waals surface area contributed by atoms with E-state index in [2.05, 4.69) is 90.1 Å². The van der Waals surface area contributed by atoms with Crippen molar-refractivity contribution in [2.75, 3.05) is 27.3 Å². The van der Waals surface area contributed by atoms with Crippen LogP contribution in [0.2, 0.25) is 0 Å². The third kappa shape index (κ3) is 7.83. The third-order valence-corrected chi connectivity index (χ3v) is 17.7. The maximum atomic E-state index is 12.4. The first-order chi connectivity index (χ1) is 26.8. The lowest BCUT2D eigenvalue weighted by molar-refractivity contribution is 0.407. The van der Waals surface area contributed by atoms with Crippen LogP contribution in [0, 0.1) is 0 Å². The minimum absolute atomic E-state index is 0.228. The van der Waals surface area contributed by atoms with E-state index >= 15 is 0 Å². The van der Waals surface area contributed by atoms with Crippen LogP contribution in [-0.2, 0) is 10.8 Å². The SMILES string of the molecule is COc1cc(C(C)(C)C)c(O)c(P(=NCCN=P(c2ccccc2)(c2ccccc2)c2cc(OC)cc(C(C)(C)C)c2O)(c2ccccc2)c2ccccc2)c1. The monoisotopic (exact) mass is 784 g/mol. The van der Waals surface area contributed by atoms with Gasteiger partial charge < -0.3 is 19.7 Å². The van der Waals surface area contributed by atoms with E-state index in [9.17, 15) is 10.2 Å². The van der Waals surface area contributed by atoms with Crippen molar-refractivity contribution < 1.29 is 19.7 Å². The van der Waals surface area contributed by atoms with Crippen LogP contribution in [-0.4, -0.2) is 37.5 Å². The van der Waals surface area contributed by atoms with Crippen LogP contribution >= 0.6 is 14.1 Å². The van der Waals surface area contributed by atoms with Gasteiger partial charge in [0.15, 0.2) is 0 Å². The number of phenolic OH excluding ortho intramolecular Hbond substituents is 2. The van der Waals surface area contributed by atoms with Crippen molar-refractivity contribution in [1.29, 1.82) is 0 Å². The summed E-state index contributed by atoms with van der Waals surface area (Å²) in [6.45, 7) is 13.3. The number of benzene rings is 6. The van der Waals surface area contributed by atoms with Crippen LogP contribution in [0.1, 0.15) is 52.7 Å². The Balaban J connectivity index is 1.70. The van der Waals surface area contributed by atoms with E-state index in [4.69, 9.17) is 19.0 Å². The number of ether oxygens (including phenoxy) is 2. The molecule has 0 radical (unpaired) electrons. The second kappa shape index (κ2) is 16.6. The molecule has 0 aliphatic heterocycles. The molecule has 0 heterocycles. The Morgan fingerprint density at radius 1 is 0.446 bits per heavy atom. The maximum absolute atomic E-state index is 12.4. The number of aromatic hydroxyl groups is 2. The van der Waals surface area contributed by atoms with Gasteiger partial charge in [-0.05, 0) is 35.1 Å². The molecule has 6 nitrogen and oxygen atoms in total. The fraction of sp³-hybridized carbons (Fsp3) is 0.250. The molecule has 56 heavy (non-hydrogen) atoms. The minimum Gasteiger partial charge on any atom is -0.507 e. The first-order valence-electron chi connectivity index (χ1n) is 19.0. The van der Waals surface area contributed by atoms with Crippen molar-refractivity contribution in [1.82, 2.24) is 0 Å². The zero-order valence-electron chi connectivity index (χ0n) is 33.8. The molecule has 0 fully saturated rings. The number of rotatable bonds is 11. The Morgan fingerprint density at radius 3 is 0.946 bits per heavy atom. The molecule has 0 atom stereocenters. The number of nitrogens with zero attached hydrogens (tertiary/aromatic N) is 2. The second-order valence-corrected chi connectivity index (χ2v) is 22.1. The van der Waals surface area contributed by atoms with Crippen LogP contribution < -0.4 is 41.3 Å². The summed E-state index contributed by atoms with van der Waals surface area (Å²) in [4.78, 5) is 0. The Kier molecular flexibility index (Phi) is 12.0. The molecule has 0 saturated carbocycles. The molecule has 0 aliphatic carbocycles. The summed E-state index contributed by atoms with van der Waals surface area (Å²) in [6, 6.07) is 49.1. The van der Waals surface area contributed by atoms with Crippen molar-refractivity contribution in [3.8, 4) is 23.0 Å². The highest BCUT2D eigenvalue weighted by molar-refractivity contribution is 7.88. The summed E-state index contributed by atoms with van der Waals surface area (Å²) in [7, 11) is -2.47. The van der Waals surface area contributed by atoms with E-state index in [1.54, 1.807) is 14.2 Å². The highest BCUT2D eigenvalue weighted by Gasteiger charge is 2.36. The van der Waals surface area contributed by atoms with E-state index in [1.165, 1.54) is 0 Å². The summed E-state index contributed by atoms with van der Waals surface area (Å²) in [5.74, 6) is 1.79. The van der Waals surface area contributed by atoms with Gasteiger partial charge in [-0.3, -0.25) is 9.49 Å². The molecule has 290 valence electrons. The molecule has 0 unspecified atom stereocenters. The number of hydrogen-bond donors (Lipinski definition) is 2. The van der Waals surface area contributed by atoms with Crippen LogP contribution in [0.5, 0.6) is 23.0 Å². The molecule has 0 aromatic heterocycles. The van der Waals surface area contributed by atoms with Gasteiger partial charge in [0, 0.05) is 43.0 Å². The largest absolute Gasteiger partial charge is 0.507 e. The maximum Gasteiger partial charge on any atom is 0.129 e. The van der Waals surface area contributed by atoms with Crippen molar-refractivity contribution in [3.05, 3.63) is 157 Å². The molecular weight excluding hydrogens is 730 g/mol. The third-order valence-electron chi connectivity index (χ3n) is 10.2. The molecule has 0 bridgehead atoms. The summed E-state index contributed by atoms with van der Waals surface area (Å²) >= 11 is 0. The molecule has 0 spiro atoms. The van der Waals surface area contributed by atoms with Crippen molar-refractivity contribution >= 4 is 45.9 Å². The Hall–Kier alpha value is -5.02. The molecule has 8 heteroatoms. The average molecular weight is 785 g/mol. The van der Waals surface area contributed by atoms with Crippen LogP contribution in [0.25, 0.3) is 0 Å². The molecular formula is C48H54N2O4P2. The van der Waals surface area contributed by atoms with Crippen molar-refractivity contribution in [2.45, 2.75) is 52.4 Å². The predicted molar refractivity (Wildman–Crippen MR) is 239 cm³/mol. The van der Waals surface area contributed by atoms with Gasteiger partial charge in [0.25, 0.3) is 0 Å². The lowest BCUT2D eigenvalue weighted by atomic mass is 9.86. The van der Waals surface area contributed by atoms with Gasteiger partial charge in [0.05, 0.1) is 41.4 Å². The van der Waals surface area contributed by atoms with Crippen LogP contribution in [0.15, 0.2) is 155 Å². The fourth-order valence-electron chi connectivity index (χ4n) is 7.36. The lowest BCUT2D eigenvalue weighted by Crippen LogP contribution is -2.28.